The lowest BCUT2D eigenvalue weighted by Crippen LogP contribution is -2.27. The molecular formula is C14H24ClN3. The lowest BCUT2D eigenvalue weighted by Gasteiger charge is -2.24. The van der Waals surface area contributed by atoms with E-state index in [0.29, 0.717) is 12.0 Å². The molecule has 1 fully saturated rings. The Kier molecular flexibility index (Phi) is 4.68. The Labute approximate surface area is 115 Å². The van der Waals surface area contributed by atoms with Crippen molar-refractivity contribution in [2.75, 3.05) is 7.05 Å². The van der Waals surface area contributed by atoms with Crippen molar-refractivity contribution in [2.24, 2.45) is 11.8 Å². The highest BCUT2D eigenvalue weighted by atomic mass is 35.5. The highest BCUT2D eigenvalue weighted by Crippen LogP contribution is 2.40. The van der Waals surface area contributed by atoms with Crippen molar-refractivity contribution in [2.45, 2.75) is 52.1 Å². The molecule has 3 nitrogen and oxygen atoms in total. The molecule has 0 spiro atoms. The van der Waals surface area contributed by atoms with Crippen LogP contribution >= 0.6 is 11.6 Å². The molecule has 3 atom stereocenters. The molecule has 0 saturated heterocycles. The molecule has 0 amide bonds. The van der Waals surface area contributed by atoms with Crippen molar-refractivity contribution >= 4 is 11.6 Å². The van der Waals surface area contributed by atoms with Crippen LogP contribution in [0.25, 0.3) is 0 Å². The fourth-order valence-corrected chi connectivity index (χ4v) is 3.48. The number of hydrogen-bond acceptors (Lipinski definition) is 2. The Morgan fingerprint density at radius 2 is 2.33 bits per heavy atom. The van der Waals surface area contributed by atoms with E-state index in [2.05, 4.69) is 28.9 Å². The van der Waals surface area contributed by atoms with E-state index in [1.165, 1.54) is 25.0 Å². The first-order valence-corrected chi connectivity index (χ1v) is 7.43. The van der Waals surface area contributed by atoms with Crippen molar-refractivity contribution in [3.63, 3.8) is 0 Å². The van der Waals surface area contributed by atoms with Gasteiger partial charge in [-0.2, -0.15) is 5.10 Å². The van der Waals surface area contributed by atoms with Crippen LogP contribution in [0.2, 0.25) is 5.02 Å². The molecule has 1 heterocycles. The van der Waals surface area contributed by atoms with E-state index in [0.717, 1.165) is 23.9 Å². The standard InChI is InChI=1S/C14H24ClN3/c1-4-7-18-14(12(15)9-17-18)13(16-3)11-6-5-10(2)8-11/h9-11,13,16H,4-8H2,1-3H3. The van der Waals surface area contributed by atoms with Crippen LogP contribution in [0.1, 0.15) is 51.3 Å². The van der Waals surface area contributed by atoms with E-state index in [4.69, 9.17) is 11.6 Å². The number of nitrogens with zero attached hydrogens (tertiary/aromatic N) is 2. The summed E-state index contributed by atoms with van der Waals surface area (Å²) in [5, 5.41) is 8.68. The Morgan fingerprint density at radius 1 is 1.56 bits per heavy atom. The number of hydrogen-bond donors (Lipinski definition) is 1. The molecule has 0 aliphatic heterocycles. The Bertz CT molecular complexity index is 388. The summed E-state index contributed by atoms with van der Waals surface area (Å²) in [4.78, 5) is 0. The van der Waals surface area contributed by atoms with Crippen molar-refractivity contribution < 1.29 is 0 Å². The van der Waals surface area contributed by atoms with Crippen LogP contribution in [0.15, 0.2) is 6.20 Å². The predicted molar refractivity (Wildman–Crippen MR) is 75.8 cm³/mol. The van der Waals surface area contributed by atoms with Gasteiger partial charge in [-0.3, -0.25) is 4.68 Å². The van der Waals surface area contributed by atoms with Crippen LogP contribution in [0, 0.1) is 11.8 Å². The van der Waals surface area contributed by atoms with Gasteiger partial charge in [-0.05, 0) is 38.1 Å². The molecule has 2 rings (SSSR count). The zero-order valence-electron chi connectivity index (χ0n) is 11.6. The van der Waals surface area contributed by atoms with Crippen molar-refractivity contribution in [3.8, 4) is 0 Å². The zero-order chi connectivity index (χ0) is 13.1. The monoisotopic (exact) mass is 269 g/mol. The number of aromatic nitrogens is 2. The van der Waals surface area contributed by atoms with Crippen LogP contribution in [0.3, 0.4) is 0 Å². The molecule has 4 heteroatoms. The summed E-state index contributed by atoms with van der Waals surface area (Å²) < 4.78 is 2.08. The van der Waals surface area contributed by atoms with Crippen LogP contribution in [-0.4, -0.2) is 16.8 Å². The molecule has 102 valence electrons. The minimum atomic E-state index is 0.344. The first kappa shape index (κ1) is 13.9. The SMILES string of the molecule is CCCn1ncc(Cl)c1C(NC)C1CCC(C)C1. The lowest BCUT2D eigenvalue weighted by molar-refractivity contribution is 0.355. The summed E-state index contributed by atoms with van der Waals surface area (Å²) in [6.45, 7) is 5.46. The van der Waals surface area contributed by atoms with Crippen LogP contribution in [0.5, 0.6) is 0 Å². The largest absolute Gasteiger partial charge is 0.311 e. The van der Waals surface area contributed by atoms with Crippen LogP contribution in [-0.2, 0) is 6.54 Å². The third-order valence-electron chi connectivity index (χ3n) is 4.08. The normalized spacial score (nSPS) is 25.6. The summed E-state index contributed by atoms with van der Waals surface area (Å²) in [7, 11) is 2.03. The smallest absolute Gasteiger partial charge is 0.0834 e. The topological polar surface area (TPSA) is 29.9 Å². The van der Waals surface area contributed by atoms with Gasteiger partial charge in [0.2, 0.25) is 0 Å². The summed E-state index contributed by atoms with van der Waals surface area (Å²) in [5.41, 5.74) is 1.18. The minimum Gasteiger partial charge on any atom is -0.311 e. The van der Waals surface area contributed by atoms with E-state index in [9.17, 15) is 0 Å². The van der Waals surface area contributed by atoms with Gasteiger partial charge >= 0.3 is 0 Å². The van der Waals surface area contributed by atoms with E-state index in [1.54, 1.807) is 6.20 Å². The number of aryl methyl sites for hydroxylation is 1. The molecule has 1 aliphatic rings. The maximum atomic E-state index is 6.35. The quantitative estimate of drug-likeness (QED) is 0.884. The second-order valence-corrected chi connectivity index (χ2v) is 5.95. The van der Waals surface area contributed by atoms with E-state index < -0.39 is 0 Å². The molecule has 1 aromatic heterocycles. The van der Waals surface area contributed by atoms with Gasteiger partial charge in [-0.25, -0.2) is 0 Å². The van der Waals surface area contributed by atoms with Crippen LogP contribution in [0.4, 0.5) is 0 Å². The molecule has 0 aromatic carbocycles. The van der Waals surface area contributed by atoms with Gasteiger partial charge in [0, 0.05) is 6.54 Å². The predicted octanol–water partition coefficient (Wildman–Crippen LogP) is 3.64. The summed E-state index contributed by atoms with van der Waals surface area (Å²) in [6, 6.07) is 0.344. The fourth-order valence-electron chi connectivity index (χ4n) is 3.22. The van der Waals surface area contributed by atoms with Gasteiger partial charge in [0.1, 0.15) is 0 Å². The molecule has 0 radical (unpaired) electrons. The Balaban J connectivity index is 2.23. The minimum absolute atomic E-state index is 0.344. The summed E-state index contributed by atoms with van der Waals surface area (Å²) >= 11 is 6.35. The molecule has 18 heavy (non-hydrogen) atoms. The summed E-state index contributed by atoms with van der Waals surface area (Å²) in [5.74, 6) is 1.53. The average Bonchev–Trinajstić information content (AvgIpc) is 2.91. The number of rotatable bonds is 5. The maximum Gasteiger partial charge on any atom is 0.0834 e. The molecule has 1 saturated carbocycles. The van der Waals surface area contributed by atoms with Crippen molar-refractivity contribution in [1.82, 2.24) is 15.1 Å². The van der Waals surface area contributed by atoms with Gasteiger partial charge in [0.05, 0.1) is 23.0 Å². The third-order valence-corrected chi connectivity index (χ3v) is 4.37. The Morgan fingerprint density at radius 3 is 2.89 bits per heavy atom. The van der Waals surface area contributed by atoms with Crippen molar-refractivity contribution in [1.29, 1.82) is 0 Å². The van der Waals surface area contributed by atoms with Gasteiger partial charge in [0.25, 0.3) is 0 Å². The third kappa shape index (κ3) is 2.72. The second kappa shape index (κ2) is 6.07. The lowest BCUT2D eigenvalue weighted by atomic mass is 9.94. The van der Waals surface area contributed by atoms with E-state index in [-0.39, 0.29) is 0 Å². The number of nitrogens with one attached hydrogen (secondary N) is 1. The summed E-state index contributed by atoms with van der Waals surface area (Å²) in [6.07, 6.45) is 6.79. The molecule has 1 aromatic rings. The second-order valence-electron chi connectivity index (χ2n) is 5.55. The molecule has 1 aliphatic carbocycles. The van der Waals surface area contributed by atoms with Crippen LogP contribution < -0.4 is 5.32 Å². The van der Waals surface area contributed by atoms with Gasteiger partial charge < -0.3 is 5.32 Å². The number of halogens is 1. The van der Waals surface area contributed by atoms with E-state index >= 15 is 0 Å². The molecule has 3 unspecified atom stereocenters. The maximum absolute atomic E-state index is 6.35. The molecule has 1 N–H and O–H groups in total. The molecule has 0 bridgehead atoms. The Hall–Kier alpha value is -0.540. The highest BCUT2D eigenvalue weighted by molar-refractivity contribution is 6.31. The van der Waals surface area contributed by atoms with Gasteiger partial charge in [-0.15, -0.1) is 0 Å². The first-order valence-electron chi connectivity index (χ1n) is 7.05. The molecular weight excluding hydrogens is 246 g/mol. The average molecular weight is 270 g/mol. The first-order chi connectivity index (χ1) is 8.67. The van der Waals surface area contributed by atoms with Gasteiger partial charge in [-0.1, -0.05) is 31.9 Å². The van der Waals surface area contributed by atoms with Gasteiger partial charge in [0.15, 0.2) is 0 Å². The highest BCUT2D eigenvalue weighted by Gasteiger charge is 2.32. The van der Waals surface area contributed by atoms with E-state index in [1.807, 2.05) is 7.05 Å². The van der Waals surface area contributed by atoms with Crippen molar-refractivity contribution in [3.05, 3.63) is 16.9 Å². The fraction of sp³-hybridized carbons (Fsp3) is 0.786. The zero-order valence-corrected chi connectivity index (χ0v) is 12.4.